The molecule has 2 rings (SSSR count). The molecule has 1 aliphatic heterocycles. The highest BCUT2D eigenvalue weighted by atomic mass is 32.2. The molecule has 1 saturated heterocycles. The Bertz CT molecular complexity index is 439. The van der Waals surface area contributed by atoms with Crippen LogP contribution in [-0.4, -0.2) is 41.6 Å². The van der Waals surface area contributed by atoms with Crippen molar-refractivity contribution >= 4 is 11.8 Å². The van der Waals surface area contributed by atoms with E-state index in [1.54, 1.807) is 0 Å². The molecule has 0 amide bonds. The molecule has 4 heteroatoms. The fraction of sp³-hybridized carbons (Fsp3) is 0.647. The molecule has 0 aliphatic carbocycles. The van der Waals surface area contributed by atoms with E-state index in [-0.39, 0.29) is 6.10 Å². The molecule has 2 unspecified atom stereocenters. The zero-order chi connectivity index (χ0) is 15.2. The Morgan fingerprint density at radius 3 is 2.90 bits per heavy atom. The normalized spacial score (nSPS) is 21.5. The van der Waals surface area contributed by atoms with E-state index in [0.717, 1.165) is 24.1 Å². The SMILES string of the molecule is CCC1CN(C(CN)c2cccc(OC(C)C)c2)CCS1. The maximum atomic E-state index is 6.08. The molecular weight excluding hydrogens is 280 g/mol. The van der Waals surface area contributed by atoms with Gasteiger partial charge in [-0.05, 0) is 38.0 Å². The molecule has 21 heavy (non-hydrogen) atoms. The van der Waals surface area contributed by atoms with Gasteiger partial charge in [0.2, 0.25) is 0 Å². The Kier molecular flexibility index (Phi) is 6.40. The predicted molar refractivity (Wildman–Crippen MR) is 92.1 cm³/mol. The number of benzene rings is 1. The second-order valence-corrected chi connectivity index (χ2v) is 7.29. The van der Waals surface area contributed by atoms with Crippen molar-refractivity contribution in [2.75, 3.05) is 25.4 Å². The van der Waals surface area contributed by atoms with Crippen LogP contribution in [0.25, 0.3) is 0 Å². The quantitative estimate of drug-likeness (QED) is 0.875. The Balaban J connectivity index is 2.12. The summed E-state index contributed by atoms with van der Waals surface area (Å²) in [6.07, 6.45) is 1.43. The van der Waals surface area contributed by atoms with Crippen molar-refractivity contribution in [1.29, 1.82) is 0 Å². The van der Waals surface area contributed by atoms with E-state index >= 15 is 0 Å². The maximum absolute atomic E-state index is 6.08. The molecule has 2 atom stereocenters. The first kappa shape index (κ1) is 16.7. The third-order valence-electron chi connectivity index (χ3n) is 3.90. The van der Waals surface area contributed by atoms with Crippen LogP contribution < -0.4 is 10.5 Å². The predicted octanol–water partition coefficient (Wildman–Crippen LogP) is 3.30. The largest absolute Gasteiger partial charge is 0.491 e. The van der Waals surface area contributed by atoms with Gasteiger partial charge >= 0.3 is 0 Å². The smallest absolute Gasteiger partial charge is 0.120 e. The van der Waals surface area contributed by atoms with Crippen LogP contribution in [0.3, 0.4) is 0 Å². The second kappa shape index (κ2) is 8.06. The number of hydrogen-bond donors (Lipinski definition) is 1. The van der Waals surface area contributed by atoms with Crippen LogP contribution in [0.5, 0.6) is 5.75 Å². The molecule has 0 bridgehead atoms. The van der Waals surface area contributed by atoms with Gasteiger partial charge in [-0.3, -0.25) is 4.90 Å². The summed E-state index contributed by atoms with van der Waals surface area (Å²) >= 11 is 2.09. The number of hydrogen-bond acceptors (Lipinski definition) is 4. The molecule has 1 fully saturated rings. The zero-order valence-electron chi connectivity index (χ0n) is 13.4. The molecule has 3 nitrogen and oxygen atoms in total. The molecule has 1 aliphatic rings. The van der Waals surface area contributed by atoms with Crippen molar-refractivity contribution in [1.82, 2.24) is 4.90 Å². The summed E-state index contributed by atoms with van der Waals surface area (Å²) in [6, 6.07) is 8.73. The van der Waals surface area contributed by atoms with Gasteiger partial charge in [0.15, 0.2) is 0 Å². The van der Waals surface area contributed by atoms with Gasteiger partial charge in [-0.1, -0.05) is 19.1 Å². The van der Waals surface area contributed by atoms with Gasteiger partial charge in [-0.2, -0.15) is 11.8 Å². The lowest BCUT2D eigenvalue weighted by molar-refractivity contribution is 0.206. The van der Waals surface area contributed by atoms with Gasteiger partial charge in [0.1, 0.15) is 5.75 Å². The van der Waals surface area contributed by atoms with Crippen LogP contribution in [-0.2, 0) is 0 Å². The lowest BCUT2D eigenvalue weighted by atomic mass is 10.0. The van der Waals surface area contributed by atoms with E-state index in [1.807, 2.05) is 6.07 Å². The van der Waals surface area contributed by atoms with E-state index in [4.69, 9.17) is 10.5 Å². The standard InChI is InChI=1S/C17H28N2OS/c1-4-16-12-19(8-9-21-16)17(11-18)14-6-5-7-15(10-14)20-13(2)3/h5-7,10,13,16-17H,4,8-9,11-12,18H2,1-3H3. The topological polar surface area (TPSA) is 38.5 Å². The van der Waals surface area contributed by atoms with Crippen LogP contribution in [0.4, 0.5) is 0 Å². The second-order valence-electron chi connectivity index (χ2n) is 5.89. The molecule has 0 saturated carbocycles. The summed E-state index contributed by atoms with van der Waals surface area (Å²) in [5, 5.41) is 0.739. The number of nitrogens with zero attached hydrogens (tertiary/aromatic N) is 1. The Morgan fingerprint density at radius 1 is 1.43 bits per heavy atom. The molecule has 1 aromatic rings. The lowest BCUT2D eigenvalue weighted by Gasteiger charge is -2.37. The average molecular weight is 308 g/mol. The van der Waals surface area contributed by atoms with Crippen molar-refractivity contribution in [3.8, 4) is 5.75 Å². The van der Waals surface area contributed by atoms with Crippen LogP contribution in [0.1, 0.15) is 38.8 Å². The highest BCUT2D eigenvalue weighted by Gasteiger charge is 2.25. The van der Waals surface area contributed by atoms with Crippen molar-refractivity contribution in [3.05, 3.63) is 29.8 Å². The minimum atomic E-state index is 0.201. The molecule has 118 valence electrons. The van der Waals surface area contributed by atoms with Crippen molar-refractivity contribution in [3.63, 3.8) is 0 Å². The van der Waals surface area contributed by atoms with Crippen LogP contribution in [0, 0.1) is 0 Å². The molecule has 2 N–H and O–H groups in total. The fourth-order valence-corrected chi connectivity index (χ4v) is 4.04. The van der Waals surface area contributed by atoms with Crippen LogP contribution >= 0.6 is 11.8 Å². The molecular formula is C17H28N2OS. The highest BCUT2D eigenvalue weighted by Crippen LogP contribution is 2.29. The summed E-state index contributed by atoms with van der Waals surface area (Å²) in [6.45, 7) is 9.31. The van der Waals surface area contributed by atoms with Gasteiger partial charge in [0.25, 0.3) is 0 Å². The lowest BCUT2D eigenvalue weighted by Crippen LogP contribution is -2.42. The van der Waals surface area contributed by atoms with Crippen molar-refractivity contribution in [2.24, 2.45) is 5.73 Å². The van der Waals surface area contributed by atoms with Crippen LogP contribution in [0.2, 0.25) is 0 Å². The summed E-state index contributed by atoms with van der Waals surface area (Å²) in [4.78, 5) is 2.54. The average Bonchev–Trinajstić information content (AvgIpc) is 2.48. The zero-order valence-corrected chi connectivity index (χ0v) is 14.2. The first-order valence-corrected chi connectivity index (χ1v) is 9.01. The molecule has 0 aromatic heterocycles. The van der Waals surface area contributed by atoms with Crippen molar-refractivity contribution in [2.45, 2.75) is 44.6 Å². The summed E-state index contributed by atoms with van der Waals surface area (Å²) in [7, 11) is 0. The highest BCUT2D eigenvalue weighted by molar-refractivity contribution is 8.00. The van der Waals surface area contributed by atoms with Crippen molar-refractivity contribution < 1.29 is 4.74 Å². The van der Waals surface area contributed by atoms with Gasteiger partial charge < -0.3 is 10.5 Å². The molecule has 0 spiro atoms. The van der Waals surface area contributed by atoms with E-state index < -0.39 is 0 Å². The van der Waals surface area contributed by atoms with Crippen LogP contribution in [0.15, 0.2) is 24.3 Å². The van der Waals surface area contributed by atoms with Gasteiger partial charge in [0.05, 0.1) is 6.10 Å². The molecule has 1 aromatic carbocycles. The minimum Gasteiger partial charge on any atom is -0.491 e. The number of nitrogens with two attached hydrogens (primary N) is 1. The van der Waals surface area contributed by atoms with E-state index in [0.29, 0.717) is 12.6 Å². The van der Waals surface area contributed by atoms with Gasteiger partial charge in [-0.15, -0.1) is 0 Å². The maximum Gasteiger partial charge on any atom is 0.120 e. The molecule has 0 radical (unpaired) electrons. The number of thioether (sulfide) groups is 1. The Labute approximate surface area is 133 Å². The third-order valence-corrected chi connectivity index (χ3v) is 5.28. The van der Waals surface area contributed by atoms with Gasteiger partial charge in [0, 0.05) is 36.7 Å². The van der Waals surface area contributed by atoms with E-state index in [1.165, 1.54) is 17.7 Å². The number of ether oxygens (including phenoxy) is 1. The third kappa shape index (κ3) is 4.63. The summed E-state index contributed by atoms with van der Waals surface area (Å²) < 4.78 is 5.82. The van der Waals surface area contributed by atoms with Gasteiger partial charge in [-0.25, -0.2) is 0 Å². The number of rotatable bonds is 6. The fourth-order valence-electron chi connectivity index (χ4n) is 2.84. The minimum absolute atomic E-state index is 0.201. The Hall–Kier alpha value is -0.710. The first-order valence-electron chi connectivity index (χ1n) is 7.96. The monoisotopic (exact) mass is 308 g/mol. The first-order chi connectivity index (χ1) is 10.1. The molecule has 1 heterocycles. The summed E-state index contributed by atoms with van der Waals surface area (Å²) in [5.74, 6) is 2.15. The van der Waals surface area contributed by atoms with E-state index in [2.05, 4.69) is 55.6 Å². The Morgan fingerprint density at radius 2 is 2.24 bits per heavy atom. The van der Waals surface area contributed by atoms with E-state index in [9.17, 15) is 0 Å². The summed E-state index contributed by atoms with van der Waals surface area (Å²) in [5.41, 5.74) is 7.36.